The number of benzene rings is 1. The van der Waals surface area contributed by atoms with Gasteiger partial charge in [-0.05, 0) is 30.7 Å². The summed E-state index contributed by atoms with van der Waals surface area (Å²) >= 11 is 5.79. The Kier molecular flexibility index (Phi) is 5.74. The number of hydrogen-bond donors (Lipinski definition) is 1. The van der Waals surface area contributed by atoms with E-state index in [1.807, 2.05) is 6.92 Å². The van der Waals surface area contributed by atoms with E-state index in [4.69, 9.17) is 11.6 Å². The van der Waals surface area contributed by atoms with E-state index in [9.17, 15) is 19.6 Å². The third kappa shape index (κ3) is 3.89. The second-order valence-corrected chi connectivity index (χ2v) is 5.90. The Hall–Kier alpha value is -1.92. The third-order valence-corrected chi connectivity index (χ3v) is 4.00. The maximum Gasteiger partial charge on any atom is 0.259 e. The molecule has 6 nitrogen and oxygen atoms in total. The number of rotatable bonds is 6. The fourth-order valence-electron chi connectivity index (χ4n) is 2.48. The third-order valence-electron chi connectivity index (χ3n) is 3.75. The van der Waals surface area contributed by atoms with Crippen molar-refractivity contribution in [2.75, 3.05) is 4.90 Å². The Morgan fingerprint density at radius 1 is 1.30 bits per heavy atom. The van der Waals surface area contributed by atoms with E-state index < -0.39 is 23.8 Å². The summed E-state index contributed by atoms with van der Waals surface area (Å²) < 4.78 is 0. The molecular formula is C16H19ClN2O4. The molecule has 1 unspecified atom stereocenters. The van der Waals surface area contributed by atoms with Crippen molar-refractivity contribution in [2.24, 2.45) is 0 Å². The van der Waals surface area contributed by atoms with Crippen LogP contribution in [0.2, 0.25) is 5.02 Å². The highest BCUT2D eigenvalue weighted by Crippen LogP contribution is 2.26. The van der Waals surface area contributed by atoms with Gasteiger partial charge in [-0.25, -0.2) is 9.96 Å². The molecule has 1 N–H and O–H groups in total. The number of unbranched alkanes of at least 4 members (excludes halogenated alkanes) is 2. The zero-order valence-electron chi connectivity index (χ0n) is 12.9. The van der Waals surface area contributed by atoms with Gasteiger partial charge in [-0.3, -0.25) is 19.6 Å². The van der Waals surface area contributed by atoms with Crippen molar-refractivity contribution in [1.29, 1.82) is 0 Å². The van der Waals surface area contributed by atoms with Gasteiger partial charge >= 0.3 is 0 Å². The molecule has 0 radical (unpaired) electrons. The van der Waals surface area contributed by atoms with Crippen LogP contribution >= 0.6 is 11.6 Å². The summed E-state index contributed by atoms with van der Waals surface area (Å²) in [6, 6.07) is 5.07. The van der Waals surface area contributed by atoms with Crippen LogP contribution in [0.5, 0.6) is 0 Å². The van der Waals surface area contributed by atoms with Gasteiger partial charge in [-0.1, -0.05) is 31.4 Å². The van der Waals surface area contributed by atoms with E-state index in [1.165, 1.54) is 0 Å². The molecule has 1 atom stereocenters. The first-order valence-electron chi connectivity index (χ1n) is 7.59. The lowest BCUT2D eigenvalue weighted by Gasteiger charge is -2.21. The number of hydrogen-bond acceptors (Lipinski definition) is 4. The number of hydroxylamine groups is 2. The SMILES string of the molecule is CCCCCC(=O)N(O)C1CC(=O)N(c2ccc(Cl)cc2)C1=O. The maximum absolute atomic E-state index is 12.4. The second-order valence-electron chi connectivity index (χ2n) is 5.46. The summed E-state index contributed by atoms with van der Waals surface area (Å²) in [7, 11) is 0. The molecule has 1 aliphatic rings. The van der Waals surface area contributed by atoms with E-state index in [-0.39, 0.29) is 12.8 Å². The standard InChI is InChI=1S/C16H19ClN2O4/c1-2-3-4-5-14(20)19(23)13-10-15(21)18(16(13)22)12-8-6-11(17)7-9-12/h6-9,13,23H,2-5,10H2,1H3. The monoisotopic (exact) mass is 338 g/mol. The van der Waals surface area contributed by atoms with Gasteiger partial charge in [0.1, 0.15) is 6.04 Å². The number of imide groups is 1. The molecule has 0 saturated carbocycles. The van der Waals surface area contributed by atoms with E-state index in [2.05, 4.69) is 0 Å². The van der Waals surface area contributed by atoms with Gasteiger partial charge in [-0.15, -0.1) is 0 Å². The van der Waals surface area contributed by atoms with Crippen LogP contribution in [0, 0.1) is 0 Å². The highest BCUT2D eigenvalue weighted by molar-refractivity contribution is 6.30. The first-order valence-corrected chi connectivity index (χ1v) is 7.96. The molecule has 0 bridgehead atoms. The van der Waals surface area contributed by atoms with Crippen molar-refractivity contribution in [2.45, 2.75) is 45.1 Å². The fraction of sp³-hybridized carbons (Fsp3) is 0.438. The quantitative estimate of drug-likeness (QED) is 0.374. The highest BCUT2D eigenvalue weighted by atomic mass is 35.5. The van der Waals surface area contributed by atoms with Crippen LogP contribution in [-0.4, -0.2) is 34.0 Å². The lowest BCUT2D eigenvalue weighted by atomic mass is 10.1. The summed E-state index contributed by atoms with van der Waals surface area (Å²) in [5, 5.41) is 10.9. The summed E-state index contributed by atoms with van der Waals surface area (Å²) in [5.74, 6) is -1.60. The van der Waals surface area contributed by atoms with Crippen LogP contribution in [0.4, 0.5) is 5.69 Å². The molecule has 1 heterocycles. The molecule has 1 aromatic rings. The van der Waals surface area contributed by atoms with Gasteiger partial charge in [0.25, 0.3) is 5.91 Å². The molecule has 2 rings (SSSR count). The molecule has 0 aromatic heterocycles. The van der Waals surface area contributed by atoms with Crippen LogP contribution in [-0.2, 0) is 14.4 Å². The van der Waals surface area contributed by atoms with Gasteiger partial charge in [-0.2, -0.15) is 0 Å². The summed E-state index contributed by atoms with van der Waals surface area (Å²) in [6.07, 6.45) is 2.39. The van der Waals surface area contributed by atoms with Gasteiger partial charge < -0.3 is 0 Å². The van der Waals surface area contributed by atoms with E-state index in [1.54, 1.807) is 24.3 Å². The van der Waals surface area contributed by atoms with Gasteiger partial charge in [0.05, 0.1) is 12.1 Å². The smallest absolute Gasteiger partial charge is 0.259 e. The first kappa shape index (κ1) is 17.4. The van der Waals surface area contributed by atoms with Crippen molar-refractivity contribution in [3.8, 4) is 0 Å². The predicted octanol–water partition coefficient (Wildman–Crippen LogP) is 2.77. The number of carbonyl (C=O) groups excluding carboxylic acids is 3. The van der Waals surface area contributed by atoms with E-state index in [0.717, 1.165) is 17.7 Å². The minimum atomic E-state index is -1.16. The number of nitrogens with zero attached hydrogens (tertiary/aromatic N) is 2. The topological polar surface area (TPSA) is 77.9 Å². The van der Waals surface area contributed by atoms with Crippen molar-refractivity contribution >= 4 is 35.0 Å². The minimum absolute atomic E-state index is 0.156. The number of carbonyl (C=O) groups is 3. The zero-order valence-corrected chi connectivity index (χ0v) is 13.6. The van der Waals surface area contributed by atoms with Crippen molar-refractivity contribution in [3.63, 3.8) is 0 Å². The molecule has 7 heteroatoms. The summed E-state index contributed by atoms with van der Waals surface area (Å²) in [5.41, 5.74) is 0.374. The van der Waals surface area contributed by atoms with Crippen molar-refractivity contribution in [1.82, 2.24) is 5.06 Å². The molecule has 0 spiro atoms. The molecule has 23 heavy (non-hydrogen) atoms. The first-order chi connectivity index (χ1) is 11.0. The molecule has 1 aliphatic heterocycles. The molecule has 1 fully saturated rings. The van der Waals surface area contributed by atoms with Gasteiger partial charge in [0, 0.05) is 11.4 Å². The Morgan fingerprint density at radius 3 is 2.57 bits per heavy atom. The second kappa shape index (κ2) is 7.57. The van der Waals surface area contributed by atoms with Crippen molar-refractivity contribution < 1.29 is 19.6 Å². The normalized spacial score (nSPS) is 17.7. The van der Waals surface area contributed by atoms with Gasteiger partial charge in [0.2, 0.25) is 11.8 Å². The van der Waals surface area contributed by atoms with Crippen LogP contribution in [0.1, 0.15) is 39.0 Å². The summed E-state index contributed by atoms with van der Waals surface area (Å²) in [4.78, 5) is 37.4. The highest BCUT2D eigenvalue weighted by Gasteiger charge is 2.44. The predicted molar refractivity (Wildman–Crippen MR) is 85.1 cm³/mol. The van der Waals surface area contributed by atoms with Crippen LogP contribution in [0.25, 0.3) is 0 Å². The number of anilines is 1. The van der Waals surface area contributed by atoms with Crippen LogP contribution < -0.4 is 4.90 Å². The molecule has 3 amide bonds. The number of amides is 3. The lowest BCUT2D eigenvalue weighted by Crippen LogP contribution is -2.43. The fourth-order valence-corrected chi connectivity index (χ4v) is 2.61. The Bertz CT molecular complexity index is 603. The molecule has 1 aromatic carbocycles. The average molecular weight is 339 g/mol. The Balaban J connectivity index is 2.08. The largest absolute Gasteiger partial charge is 0.285 e. The molecule has 124 valence electrons. The molecular weight excluding hydrogens is 320 g/mol. The minimum Gasteiger partial charge on any atom is -0.285 e. The molecule has 0 aliphatic carbocycles. The Labute approximate surface area is 139 Å². The van der Waals surface area contributed by atoms with Crippen LogP contribution in [0.15, 0.2) is 24.3 Å². The lowest BCUT2D eigenvalue weighted by molar-refractivity contribution is -0.177. The molecule has 1 saturated heterocycles. The van der Waals surface area contributed by atoms with Crippen molar-refractivity contribution in [3.05, 3.63) is 29.3 Å². The summed E-state index contributed by atoms with van der Waals surface area (Å²) in [6.45, 7) is 2.00. The Morgan fingerprint density at radius 2 is 1.96 bits per heavy atom. The zero-order chi connectivity index (χ0) is 17.0. The average Bonchev–Trinajstić information content (AvgIpc) is 2.82. The van der Waals surface area contributed by atoms with E-state index >= 15 is 0 Å². The van der Waals surface area contributed by atoms with Gasteiger partial charge in [0.15, 0.2) is 0 Å². The van der Waals surface area contributed by atoms with Crippen LogP contribution in [0.3, 0.4) is 0 Å². The van der Waals surface area contributed by atoms with E-state index in [0.29, 0.717) is 22.2 Å². The maximum atomic E-state index is 12.4. The number of halogens is 1.